The number of terminal acetylenes is 1. The topological polar surface area (TPSA) is 47.9 Å². The summed E-state index contributed by atoms with van der Waals surface area (Å²) in [5.74, 6) is 4.51. The second-order valence-corrected chi connectivity index (χ2v) is 9.75. The minimum atomic E-state index is -0.953. The second-order valence-electron chi connectivity index (χ2n) is 8.88. The maximum atomic E-state index is 6.48. The zero-order chi connectivity index (χ0) is 26.5. The average molecular weight is 522 g/mol. The molecule has 3 aromatic heterocycles. The van der Waals surface area contributed by atoms with Crippen LogP contribution >= 0.6 is 11.3 Å². The molecule has 0 aliphatic rings. The van der Waals surface area contributed by atoms with Gasteiger partial charge in [-0.2, -0.15) is 0 Å². The van der Waals surface area contributed by atoms with Gasteiger partial charge in [-0.15, -0.1) is 17.8 Å². The molecule has 39 heavy (non-hydrogen) atoms. The number of ether oxygens (including phenoxy) is 1. The Kier molecular flexibility index (Phi) is 6.69. The first-order chi connectivity index (χ1) is 19.3. The van der Waals surface area contributed by atoms with Gasteiger partial charge in [0.1, 0.15) is 11.2 Å². The van der Waals surface area contributed by atoms with Gasteiger partial charge >= 0.3 is 0 Å². The summed E-state index contributed by atoms with van der Waals surface area (Å²) in [6, 6.07) is 36.1. The molecular weight excluding hydrogens is 498 g/mol. The number of pyridine rings is 1. The van der Waals surface area contributed by atoms with Gasteiger partial charge in [-0.25, -0.2) is 9.97 Å². The number of thiophene rings is 1. The van der Waals surface area contributed by atoms with Crippen molar-refractivity contribution in [3.63, 3.8) is 0 Å². The molecule has 0 fully saturated rings. The largest absolute Gasteiger partial charge is 0.447 e. The van der Waals surface area contributed by atoms with E-state index in [4.69, 9.17) is 16.1 Å². The molecule has 0 aliphatic heterocycles. The van der Waals surface area contributed by atoms with Crippen LogP contribution in [0.4, 0.5) is 0 Å². The van der Waals surface area contributed by atoms with E-state index in [9.17, 15) is 0 Å². The third kappa shape index (κ3) is 4.70. The van der Waals surface area contributed by atoms with E-state index in [1.54, 1.807) is 24.7 Å². The molecule has 3 heterocycles. The Bertz CT molecular complexity index is 1740. The van der Waals surface area contributed by atoms with Crippen molar-refractivity contribution >= 4 is 11.3 Å². The molecule has 0 bridgehead atoms. The van der Waals surface area contributed by atoms with E-state index in [1.165, 1.54) is 11.3 Å². The van der Waals surface area contributed by atoms with Gasteiger partial charge in [0.15, 0.2) is 10.9 Å². The molecule has 0 aliphatic carbocycles. The summed E-state index contributed by atoms with van der Waals surface area (Å²) in [6.45, 7) is 0. The molecule has 186 valence electrons. The van der Waals surface area contributed by atoms with Gasteiger partial charge in [-0.3, -0.25) is 4.98 Å². The lowest BCUT2D eigenvalue weighted by Crippen LogP contribution is -2.29. The number of hydrogen-bond donors (Lipinski definition) is 0. The second kappa shape index (κ2) is 10.7. The molecule has 0 radical (unpaired) electrons. The molecule has 3 aromatic carbocycles. The number of hydrogen-bond acceptors (Lipinski definition) is 5. The Balaban J connectivity index is 1.47. The van der Waals surface area contributed by atoms with Crippen LogP contribution in [0.1, 0.15) is 16.8 Å². The first-order valence-corrected chi connectivity index (χ1v) is 13.3. The Morgan fingerprint density at radius 2 is 1.46 bits per heavy atom. The fourth-order valence-corrected chi connectivity index (χ4v) is 5.54. The normalized spacial score (nSPS) is 12.3. The molecule has 0 N–H and O–H groups in total. The Hall–Kier alpha value is -5.05. The highest BCUT2D eigenvalue weighted by Gasteiger charge is 2.38. The standard InChI is InChI=1S/C34H23N3OS/c1-2-34(31-18-8-9-19-35-31,30-17-7-6-16-29(30)25-12-4-3-5-13-25)27-14-10-15-28(23-27)38-32-22-26(24-39-32)33-36-20-11-21-37-33/h1,3-24H. The number of rotatable bonds is 7. The van der Waals surface area contributed by atoms with Crippen molar-refractivity contribution in [2.24, 2.45) is 0 Å². The predicted molar refractivity (Wildman–Crippen MR) is 157 cm³/mol. The van der Waals surface area contributed by atoms with Crippen LogP contribution < -0.4 is 4.74 Å². The van der Waals surface area contributed by atoms with Gasteiger partial charge in [0.2, 0.25) is 0 Å². The van der Waals surface area contributed by atoms with Crippen LogP contribution in [0.25, 0.3) is 22.5 Å². The minimum absolute atomic E-state index is 0.663. The van der Waals surface area contributed by atoms with Crippen LogP contribution in [-0.4, -0.2) is 15.0 Å². The van der Waals surface area contributed by atoms with Crippen molar-refractivity contribution in [3.05, 3.63) is 150 Å². The van der Waals surface area contributed by atoms with Crippen LogP contribution in [0.3, 0.4) is 0 Å². The van der Waals surface area contributed by atoms with Crippen molar-refractivity contribution in [2.45, 2.75) is 5.41 Å². The number of nitrogens with zero attached hydrogens (tertiary/aromatic N) is 3. The smallest absolute Gasteiger partial charge is 0.181 e. The van der Waals surface area contributed by atoms with Gasteiger partial charge in [-0.05, 0) is 52.6 Å². The van der Waals surface area contributed by atoms with E-state index in [2.05, 4.69) is 40.2 Å². The first-order valence-electron chi connectivity index (χ1n) is 12.5. The molecule has 0 spiro atoms. The van der Waals surface area contributed by atoms with E-state index < -0.39 is 5.41 Å². The summed E-state index contributed by atoms with van der Waals surface area (Å²) in [5, 5.41) is 2.73. The van der Waals surface area contributed by atoms with Crippen molar-refractivity contribution < 1.29 is 4.74 Å². The summed E-state index contributed by atoms with van der Waals surface area (Å²) in [4.78, 5) is 13.4. The summed E-state index contributed by atoms with van der Waals surface area (Å²) in [5.41, 5.74) is 4.75. The van der Waals surface area contributed by atoms with E-state index in [-0.39, 0.29) is 0 Å². The first kappa shape index (κ1) is 24.3. The van der Waals surface area contributed by atoms with Crippen LogP contribution in [-0.2, 0) is 5.41 Å². The van der Waals surface area contributed by atoms with E-state index in [0.717, 1.165) is 38.6 Å². The maximum Gasteiger partial charge on any atom is 0.181 e. The molecule has 5 heteroatoms. The third-order valence-electron chi connectivity index (χ3n) is 6.57. The summed E-state index contributed by atoms with van der Waals surface area (Å²) >= 11 is 1.50. The zero-order valence-electron chi connectivity index (χ0n) is 20.9. The number of aromatic nitrogens is 3. The highest BCUT2D eigenvalue weighted by molar-refractivity contribution is 7.12. The molecule has 1 unspecified atom stereocenters. The molecule has 0 amide bonds. The fourth-order valence-electron chi connectivity index (χ4n) is 4.79. The van der Waals surface area contributed by atoms with Crippen LogP contribution in [0.15, 0.2) is 133 Å². The summed E-state index contributed by atoms with van der Waals surface area (Å²) in [7, 11) is 0. The number of benzene rings is 3. The van der Waals surface area contributed by atoms with Gasteiger partial charge in [0.25, 0.3) is 0 Å². The quantitative estimate of drug-likeness (QED) is 0.200. The average Bonchev–Trinajstić information content (AvgIpc) is 3.48. The van der Waals surface area contributed by atoms with Gasteiger partial charge in [0, 0.05) is 35.6 Å². The van der Waals surface area contributed by atoms with Crippen LogP contribution in [0.2, 0.25) is 0 Å². The third-order valence-corrected chi connectivity index (χ3v) is 7.37. The van der Waals surface area contributed by atoms with E-state index in [1.807, 2.05) is 84.2 Å². The van der Waals surface area contributed by atoms with Crippen molar-refractivity contribution in [2.75, 3.05) is 0 Å². The lowest BCUT2D eigenvalue weighted by Gasteiger charge is -2.31. The van der Waals surface area contributed by atoms with Crippen LogP contribution in [0, 0.1) is 12.3 Å². The van der Waals surface area contributed by atoms with Gasteiger partial charge in [-0.1, -0.05) is 78.7 Å². The van der Waals surface area contributed by atoms with Crippen LogP contribution in [0.5, 0.6) is 10.8 Å². The summed E-state index contributed by atoms with van der Waals surface area (Å²) in [6.07, 6.45) is 11.7. The fraction of sp³-hybridized carbons (Fsp3) is 0.0294. The monoisotopic (exact) mass is 521 g/mol. The summed E-state index contributed by atoms with van der Waals surface area (Å²) < 4.78 is 6.32. The lowest BCUT2D eigenvalue weighted by atomic mass is 9.70. The van der Waals surface area contributed by atoms with Crippen molar-refractivity contribution in [3.8, 4) is 45.7 Å². The Labute approximate surface area is 231 Å². The highest BCUT2D eigenvalue weighted by Crippen LogP contribution is 2.44. The molecule has 6 aromatic rings. The Morgan fingerprint density at radius 1 is 0.692 bits per heavy atom. The van der Waals surface area contributed by atoms with Crippen molar-refractivity contribution in [1.82, 2.24) is 15.0 Å². The van der Waals surface area contributed by atoms with Crippen molar-refractivity contribution in [1.29, 1.82) is 0 Å². The zero-order valence-corrected chi connectivity index (χ0v) is 21.8. The molecule has 0 saturated heterocycles. The highest BCUT2D eigenvalue weighted by atomic mass is 32.1. The molecule has 0 saturated carbocycles. The SMILES string of the molecule is C#CC(c1cccc(Oc2cc(-c3ncccn3)cs2)c1)(c1ccccn1)c1ccccc1-c1ccccc1. The van der Waals surface area contributed by atoms with E-state index in [0.29, 0.717) is 11.6 Å². The van der Waals surface area contributed by atoms with E-state index >= 15 is 0 Å². The van der Waals surface area contributed by atoms with Gasteiger partial charge in [0.05, 0.1) is 5.69 Å². The lowest BCUT2D eigenvalue weighted by molar-refractivity contribution is 0.495. The Morgan fingerprint density at radius 3 is 2.26 bits per heavy atom. The molecule has 6 rings (SSSR count). The minimum Gasteiger partial charge on any atom is -0.447 e. The molecular formula is C34H23N3OS. The predicted octanol–water partition coefficient (Wildman–Crippen LogP) is 8.03. The van der Waals surface area contributed by atoms with Gasteiger partial charge < -0.3 is 4.74 Å². The molecule has 1 atom stereocenters. The maximum absolute atomic E-state index is 6.48. The molecule has 4 nitrogen and oxygen atoms in total.